The Hall–Kier alpha value is -0.930. The van der Waals surface area contributed by atoms with Gasteiger partial charge < -0.3 is 19.9 Å². The molecule has 0 saturated carbocycles. The molecular formula is C12H22N2O5S. The van der Waals surface area contributed by atoms with E-state index in [1.54, 1.807) is 6.07 Å². The van der Waals surface area contributed by atoms with Gasteiger partial charge in [0.25, 0.3) is 10.0 Å². The Balaban J connectivity index is 2.83. The predicted molar refractivity (Wildman–Crippen MR) is 73.6 cm³/mol. The molecule has 0 bridgehead atoms. The second kappa shape index (κ2) is 6.68. The van der Waals surface area contributed by atoms with E-state index in [9.17, 15) is 8.42 Å². The van der Waals surface area contributed by atoms with Gasteiger partial charge in [0, 0.05) is 6.04 Å². The highest BCUT2D eigenvalue weighted by Crippen LogP contribution is 2.16. The lowest BCUT2D eigenvalue weighted by atomic mass is 10.1. The van der Waals surface area contributed by atoms with Gasteiger partial charge in [-0.3, -0.25) is 0 Å². The molecule has 0 radical (unpaired) electrons. The first-order chi connectivity index (χ1) is 9.22. The van der Waals surface area contributed by atoms with Crippen molar-refractivity contribution in [1.82, 2.24) is 10.0 Å². The first-order valence-electron chi connectivity index (χ1n) is 6.30. The Kier molecular flexibility index (Phi) is 5.72. The number of nitrogens with one attached hydrogen (secondary N) is 2. The maximum absolute atomic E-state index is 12.1. The molecule has 116 valence electrons. The van der Waals surface area contributed by atoms with Gasteiger partial charge in [-0.25, -0.2) is 8.42 Å². The van der Waals surface area contributed by atoms with Crippen molar-refractivity contribution in [3.8, 4) is 0 Å². The summed E-state index contributed by atoms with van der Waals surface area (Å²) >= 11 is 0. The van der Waals surface area contributed by atoms with E-state index < -0.39 is 28.8 Å². The van der Waals surface area contributed by atoms with Crippen molar-refractivity contribution in [2.45, 2.75) is 44.0 Å². The summed E-state index contributed by atoms with van der Waals surface area (Å²) in [5.74, 6) is 0.494. The Bertz CT molecular complexity index is 520. The normalized spacial score (nSPS) is 13.1. The summed E-state index contributed by atoms with van der Waals surface area (Å²) in [5.41, 5.74) is -1.33. The number of sulfonamides is 1. The molecule has 0 amide bonds. The Morgan fingerprint density at radius 2 is 1.90 bits per heavy atom. The minimum atomic E-state index is -3.92. The van der Waals surface area contributed by atoms with Crippen molar-refractivity contribution in [3.05, 3.63) is 17.9 Å². The molecule has 1 rings (SSSR count). The van der Waals surface area contributed by atoms with Crippen molar-refractivity contribution < 1.29 is 23.0 Å². The van der Waals surface area contributed by atoms with E-state index >= 15 is 0 Å². The second-order valence-corrected chi connectivity index (χ2v) is 6.85. The highest BCUT2D eigenvalue weighted by molar-refractivity contribution is 7.89. The molecule has 0 unspecified atom stereocenters. The second-order valence-electron chi connectivity index (χ2n) is 5.24. The molecule has 1 aromatic rings. The van der Waals surface area contributed by atoms with E-state index in [4.69, 9.17) is 14.6 Å². The first kappa shape index (κ1) is 17.1. The molecule has 1 aromatic heterocycles. The fourth-order valence-corrected chi connectivity index (χ4v) is 2.73. The van der Waals surface area contributed by atoms with Gasteiger partial charge in [0.15, 0.2) is 0 Å². The van der Waals surface area contributed by atoms with Crippen LogP contribution in [0.1, 0.15) is 26.5 Å². The van der Waals surface area contributed by atoms with Crippen LogP contribution >= 0.6 is 0 Å². The molecule has 0 spiro atoms. The SMILES string of the molecule is CC(C)NCc1ccc(S(=O)(=O)NC(C)(CO)CO)o1. The molecular weight excluding hydrogens is 284 g/mol. The van der Waals surface area contributed by atoms with Crippen LogP contribution in [0, 0.1) is 0 Å². The third kappa shape index (κ3) is 4.57. The van der Waals surface area contributed by atoms with Gasteiger partial charge in [-0.2, -0.15) is 4.72 Å². The molecule has 0 aliphatic rings. The van der Waals surface area contributed by atoms with E-state index in [1.807, 2.05) is 13.8 Å². The molecule has 1 heterocycles. The number of hydrogen-bond acceptors (Lipinski definition) is 6. The average Bonchev–Trinajstić information content (AvgIpc) is 2.85. The van der Waals surface area contributed by atoms with E-state index in [2.05, 4.69) is 10.0 Å². The Morgan fingerprint density at radius 1 is 1.30 bits per heavy atom. The van der Waals surface area contributed by atoms with Crippen LogP contribution in [0.3, 0.4) is 0 Å². The van der Waals surface area contributed by atoms with Crippen LogP contribution in [0.2, 0.25) is 0 Å². The summed E-state index contributed by atoms with van der Waals surface area (Å²) in [6.07, 6.45) is 0. The van der Waals surface area contributed by atoms with Crippen LogP contribution in [0.15, 0.2) is 21.6 Å². The smallest absolute Gasteiger partial charge is 0.274 e. The summed E-state index contributed by atoms with van der Waals surface area (Å²) in [7, 11) is -3.92. The molecule has 0 aromatic carbocycles. The molecule has 4 N–H and O–H groups in total. The zero-order chi connectivity index (χ0) is 15.4. The van der Waals surface area contributed by atoms with Crippen LogP contribution in [-0.2, 0) is 16.6 Å². The summed E-state index contributed by atoms with van der Waals surface area (Å²) in [6, 6.07) is 3.17. The molecule has 0 saturated heterocycles. The molecule has 0 aliphatic heterocycles. The van der Waals surface area contributed by atoms with Crippen LogP contribution < -0.4 is 10.0 Å². The van der Waals surface area contributed by atoms with E-state index in [0.717, 1.165) is 0 Å². The topological polar surface area (TPSA) is 112 Å². The zero-order valence-electron chi connectivity index (χ0n) is 11.9. The number of furan rings is 1. The predicted octanol–water partition coefficient (Wildman–Crippen LogP) is -0.201. The van der Waals surface area contributed by atoms with Crippen LogP contribution in [-0.4, -0.2) is 43.4 Å². The van der Waals surface area contributed by atoms with E-state index in [0.29, 0.717) is 12.3 Å². The van der Waals surface area contributed by atoms with Crippen molar-refractivity contribution in [3.63, 3.8) is 0 Å². The molecule has 7 nitrogen and oxygen atoms in total. The van der Waals surface area contributed by atoms with Gasteiger partial charge in [-0.15, -0.1) is 0 Å². The summed E-state index contributed by atoms with van der Waals surface area (Å²) < 4.78 is 31.6. The fourth-order valence-electron chi connectivity index (χ4n) is 1.39. The van der Waals surface area contributed by atoms with Gasteiger partial charge >= 0.3 is 0 Å². The lowest BCUT2D eigenvalue weighted by Crippen LogP contribution is -2.51. The maximum Gasteiger partial charge on any atom is 0.274 e. The monoisotopic (exact) mass is 306 g/mol. The summed E-state index contributed by atoms with van der Waals surface area (Å²) in [6.45, 7) is 4.71. The number of hydrogen-bond donors (Lipinski definition) is 4. The van der Waals surface area contributed by atoms with Crippen LogP contribution in [0.25, 0.3) is 0 Å². The first-order valence-corrected chi connectivity index (χ1v) is 7.78. The van der Waals surface area contributed by atoms with Crippen molar-refractivity contribution in [2.24, 2.45) is 0 Å². The summed E-state index contributed by atoms with van der Waals surface area (Å²) in [5, 5.41) is 21.1. The van der Waals surface area contributed by atoms with Gasteiger partial charge in [0.2, 0.25) is 5.09 Å². The largest absolute Gasteiger partial charge is 0.447 e. The lowest BCUT2D eigenvalue weighted by molar-refractivity contribution is 0.121. The standard InChI is InChI=1S/C12H22N2O5S/c1-9(2)13-6-10-4-5-11(19-10)20(17,18)14-12(3,7-15)8-16/h4-5,9,13-16H,6-8H2,1-3H3. The molecule has 0 aliphatic carbocycles. The number of rotatable bonds is 8. The minimum absolute atomic E-state index is 0.244. The average molecular weight is 306 g/mol. The van der Waals surface area contributed by atoms with Crippen molar-refractivity contribution in [2.75, 3.05) is 13.2 Å². The maximum atomic E-state index is 12.1. The lowest BCUT2D eigenvalue weighted by Gasteiger charge is -2.24. The van der Waals surface area contributed by atoms with Gasteiger partial charge in [0.1, 0.15) is 5.76 Å². The highest BCUT2D eigenvalue weighted by Gasteiger charge is 2.31. The van der Waals surface area contributed by atoms with Crippen molar-refractivity contribution >= 4 is 10.0 Å². The van der Waals surface area contributed by atoms with Crippen LogP contribution in [0.4, 0.5) is 0 Å². The third-order valence-electron chi connectivity index (χ3n) is 2.67. The third-order valence-corrected chi connectivity index (χ3v) is 4.18. The van der Waals surface area contributed by atoms with E-state index in [-0.39, 0.29) is 11.1 Å². The number of aliphatic hydroxyl groups excluding tert-OH is 2. The minimum Gasteiger partial charge on any atom is -0.447 e. The van der Waals surface area contributed by atoms with Crippen molar-refractivity contribution in [1.29, 1.82) is 0 Å². The Morgan fingerprint density at radius 3 is 2.40 bits per heavy atom. The molecule has 0 atom stereocenters. The van der Waals surface area contributed by atoms with Gasteiger partial charge in [0.05, 0.1) is 25.3 Å². The molecule has 8 heteroatoms. The van der Waals surface area contributed by atoms with Crippen LogP contribution in [0.5, 0.6) is 0 Å². The fraction of sp³-hybridized carbons (Fsp3) is 0.667. The molecule has 0 fully saturated rings. The van der Waals surface area contributed by atoms with Gasteiger partial charge in [-0.05, 0) is 19.1 Å². The summed E-state index contributed by atoms with van der Waals surface area (Å²) in [4.78, 5) is 0. The van der Waals surface area contributed by atoms with Gasteiger partial charge in [-0.1, -0.05) is 13.8 Å². The zero-order valence-corrected chi connectivity index (χ0v) is 12.7. The quantitative estimate of drug-likeness (QED) is 0.529. The van der Waals surface area contributed by atoms with E-state index in [1.165, 1.54) is 13.0 Å². The Labute approximate surface area is 119 Å². The highest BCUT2D eigenvalue weighted by atomic mass is 32.2. The molecule has 20 heavy (non-hydrogen) atoms. The number of aliphatic hydroxyl groups is 2.